The summed E-state index contributed by atoms with van der Waals surface area (Å²) in [5.74, 6) is -1.08. The smallest absolute Gasteiger partial charge is 0.481 e. The number of halogens is 3. The van der Waals surface area contributed by atoms with Gasteiger partial charge in [0.2, 0.25) is 0 Å². The van der Waals surface area contributed by atoms with Crippen LogP contribution in [0, 0.1) is 0 Å². The van der Waals surface area contributed by atoms with E-state index in [1.165, 1.54) is 24.4 Å². The number of aliphatic carboxylic acids is 1. The number of carboxylic acids is 1. The topological polar surface area (TPSA) is 98.3 Å². The van der Waals surface area contributed by atoms with E-state index in [4.69, 9.17) is 10.8 Å². The number of ether oxygens (including phenoxy) is 1. The molecule has 0 amide bonds. The van der Waals surface area contributed by atoms with Crippen LogP contribution >= 0.6 is 0 Å². The molecule has 2 aromatic carbocycles. The monoisotopic (exact) mass is 403 g/mol. The highest BCUT2D eigenvalue weighted by Gasteiger charge is 2.31. The van der Waals surface area contributed by atoms with Crippen molar-refractivity contribution in [2.45, 2.75) is 19.2 Å². The van der Waals surface area contributed by atoms with E-state index in [2.05, 4.69) is 14.7 Å². The second kappa shape index (κ2) is 8.17. The predicted molar refractivity (Wildman–Crippen MR) is 100.0 cm³/mol. The van der Waals surface area contributed by atoms with Crippen LogP contribution in [-0.2, 0) is 11.2 Å². The average Bonchev–Trinajstić information content (AvgIpc) is 2.66. The van der Waals surface area contributed by atoms with Gasteiger partial charge in [-0.1, -0.05) is 36.4 Å². The highest BCUT2D eigenvalue weighted by Crippen LogP contribution is 2.30. The van der Waals surface area contributed by atoms with Crippen LogP contribution in [0.25, 0.3) is 22.5 Å². The van der Waals surface area contributed by atoms with Gasteiger partial charge < -0.3 is 15.6 Å². The summed E-state index contributed by atoms with van der Waals surface area (Å²) in [6.45, 7) is 0. The van der Waals surface area contributed by atoms with Crippen molar-refractivity contribution < 1.29 is 27.8 Å². The first-order chi connectivity index (χ1) is 13.7. The van der Waals surface area contributed by atoms with E-state index >= 15 is 0 Å². The molecule has 0 saturated heterocycles. The molecule has 0 atom stereocenters. The number of carboxylic acid groups (broad SMARTS) is 1. The van der Waals surface area contributed by atoms with Gasteiger partial charge >= 0.3 is 12.3 Å². The van der Waals surface area contributed by atoms with Crippen LogP contribution in [0.4, 0.5) is 19.0 Å². The number of carbonyl (C=O) groups is 1. The fourth-order valence-corrected chi connectivity index (χ4v) is 2.68. The molecule has 0 radical (unpaired) electrons. The molecule has 0 unspecified atom stereocenters. The van der Waals surface area contributed by atoms with Crippen LogP contribution in [0.2, 0.25) is 0 Å². The molecular formula is C20H16F3N3O3. The molecular weight excluding hydrogens is 387 g/mol. The molecule has 0 aliphatic carbocycles. The molecule has 0 bridgehead atoms. The van der Waals surface area contributed by atoms with Crippen LogP contribution < -0.4 is 10.5 Å². The molecule has 0 aliphatic rings. The van der Waals surface area contributed by atoms with Crippen molar-refractivity contribution in [2.24, 2.45) is 0 Å². The normalized spacial score (nSPS) is 11.3. The molecule has 9 heteroatoms. The maximum atomic E-state index is 12.4. The molecule has 1 aromatic heterocycles. The summed E-state index contributed by atoms with van der Waals surface area (Å²) >= 11 is 0. The van der Waals surface area contributed by atoms with Crippen LogP contribution in [0.1, 0.15) is 12.0 Å². The summed E-state index contributed by atoms with van der Waals surface area (Å²) in [6.07, 6.45) is -3.01. The van der Waals surface area contributed by atoms with E-state index in [1.807, 2.05) is 0 Å². The number of aromatic nitrogens is 2. The minimum absolute atomic E-state index is 0.0209. The minimum atomic E-state index is -4.79. The molecule has 3 aromatic rings. The first-order valence-corrected chi connectivity index (χ1v) is 8.51. The third-order valence-electron chi connectivity index (χ3n) is 4.02. The van der Waals surface area contributed by atoms with Gasteiger partial charge in [0.05, 0.1) is 11.9 Å². The van der Waals surface area contributed by atoms with Crippen molar-refractivity contribution in [1.29, 1.82) is 0 Å². The lowest BCUT2D eigenvalue weighted by molar-refractivity contribution is -0.274. The van der Waals surface area contributed by atoms with Gasteiger partial charge in [-0.15, -0.1) is 13.2 Å². The number of aryl methyl sites for hydroxylation is 1. The Morgan fingerprint density at radius 2 is 1.83 bits per heavy atom. The highest BCUT2D eigenvalue weighted by molar-refractivity contribution is 5.73. The quantitative estimate of drug-likeness (QED) is 0.637. The van der Waals surface area contributed by atoms with E-state index < -0.39 is 12.3 Å². The molecule has 0 fully saturated rings. The second-order valence-electron chi connectivity index (χ2n) is 6.16. The molecule has 0 saturated carbocycles. The number of anilines is 1. The Morgan fingerprint density at radius 1 is 1.10 bits per heavy atom. The summed E-state index contributed by atoms with van der Waals surface area (Å²) in [7, 11) is 0. The first-order valence-electron chi connectivity index (χ1n) is 8.51. The number of nitrogens with zero attached hydrogens (tertiary/aromatic N) is 2. The molecule has 0 spiro atoms. The zero-order chi connectivity index (χ0) is 21.0. The Morgan fingerprint density at radius 3 is 2.48 bits per heavy atom. The Labute approximate surface area is 163 Å². The summed E-state index contributed by atoms with van der Waals surface area (Å²) in [5, 5.41) is 8.76. The number of hydrogen-bond donors (Lipinski definition) is 2. The predicted octanol–water partition coefficient (Wildman–Crippen LogP) is 4.31. The van der Waals surface area contributed by atoms with Crippen molar-refractivity contribution in [2.75, 3.05) is 5.73 Å². The SMILES string of the molecule is Nc1ncc(-c2cccc(OC(F)(F)F)c2)nc1-c1ccc(CCC(=O)O)cc1. The number of nitrogens with two attached hydrogens (primary N) is 1. The van der Waals surface area contributed by atoms with Gasteiger partial charge in [0.1, 0.15) is 17.3 Å². The zero-order valence-corrected chi connectivity index (χ0v) is 15.0. The molecule has 29 heavy (non-hydrogen) atoms. The maximum Gasteiger partial charge on any atom is 0.573 e. The van der Waals surface area contributed by atoms with Gasteiger partial charge in [-0.2, -0.15) is 0 Å². The van der Waals surface area contributed by atoms with Crippen LogP contribution in [0.5, 0.6) is 5.75 Å². The first kappa shape index (κ1) is 20.1. The number of nitrogen functional groups attached to an aromatic ring is 1. The van der Waals surface area contributed by atoms with Crippen molar-refractivity contribution in [3.05, 3.63) is 60.3 Å². The lowest BCUT2D eigenvalue weighted by atomic mass is 10.0. The summed E-state index contributed by atoms with van der Waals surface area (Å²) in [6, 6.07) is 12.4. The van der Waals surface area contributed by atoms with Gasteiger partial charge in [-0.3, -0.25) is 4.79 Å². The summed E-state index contributed by atoms with van der Waals surface area (Å²) in [4.78, 5) is 19.2. The van der Waals surface area contributed by atoms with Crippen LogP contribution in [0.15, 0.2) is 54.7 Å². The number of hydrogen-bond acceptors (Lipinski definition) is 5. The summed E-state index contributed by atoms with van der Waals surface area (Å²) in [5.41, 5.74) is 8.51. The van der Waals surface area contributed by atoms with Gasteiger partial charge in [0.25, 0.3) is 0 Å². The van der Waals surface area contributed by atoms with E-state index in [9.17, 15) is 18.0 Å². The maximum absolute atomic E-state index is 12.4. The zero-order valence-electron chi connectivity index (χ0n) is 15.0. The second-order valence-corrected chi connectivity index (χ2v) is 6.16. The third-order valence-corrected chi connectivity index (χ3v) is 4.02. The molecule has 0 aliphatic heterocycles. The fraction of sp³-hybridized carbons (Fsp3) is 0.150. The third kappa shape index (κ3) is 5.44. The largest absolute Gasteiger partial charge is 0.573 e. The standard InChI is InChI=1S/C20H16F3N3O3/c21-20(22,23)29-15-3-1-2-14(10-15)16-11-25-19(24)18(26-16)13-7-4-12(5-8-13)6-9-17(27)28/h1-5,7-8,10-11H,6,9H2,(H2,24,25)(H,27,28). The Kier molecular flexibility index (Phi) is 5.67. The Balaban J connectivity index is 1.89. The van der Waals surface area contributed by atoms with Crippen molar-refractivity contribution >= 4 is 11.8 Å². The summed E-state index contributed by atoms with van der Waals surface area (Å²) < 4.78 is 41.3. The van der Waals surface area contributed by atoms with Crippen molar-refractivity contribution in [1.82, 2.24) is 9.97 Å². The Bertz CT molecular complexity index is 1020. The van der Waals surface area contributed by atoms with Gasteiger partial charge in [-0.25, -0.2) is 9.97 Å². The molecule has 3 N–H and O–H groups in total. The van der Waals surface area contributed by atoms with E-state index in [0.29, 0.717) is 28.9 Å². The van der Waals surface area contributed by atoms with Gasteiger partial charge in [0.15, 0.2) is 0 Å². The molecule has 150 valence electrons. The van der Waals surface area contributed by atoms with E-state index in [-0.39, 0.29) is 18.0 Å². The van der Waals surface area contributed by atoms with Gasteiger partial charge in [0, 0.05) is 17.5 Å². The highest BCUT2D eigenvalue weighted by atomic mass is 19.4. The van der Waals surface area contributed by atoms with Gasteiger partial charge in [-0.05, 0) is 24.1 Å². The lowest BCUT2D eigenvalue weighted by Gasteiger charge is -2.11. The Hall–Kier alpha value is -3.62. The average molecular weight is 403 g/mol. The molecule has 6 nitrogen and oxygen atoms in total. The fourth-order valence-electron chi connectivity index (χ4n) is 2.68. The van der Waals surface area contributed by atoms with E-state index in [1.54, 1.807) is 30.3 Å². The lowest BCUT2D eigenvalue weighted by Crippen LogP contribution is -2.17. The van der Waals surface area contributed by atoms with Crippen LogP contribution in [0.3, 0.4) is 0 Å². The number of rotatable bonds is 6. The van der Waals surface area contributed by atoms with Crippen LogP contribution in [-0.4, -0.2) is 27.4 Å². The van der Waals surface area contributed by atoms with Crippen molar-refractivity contribution in [3.63, 3.8) is 0 Å². The molecule has 3 rings (SSSR count). The van der Waals surface area contributed by atoms with E-state index in [0.717, 1.165) is 5.56 Å². The number of benzene rings is 2. The minimum Gasteiger partial charge on any atom is -0.481 e. The molecule has 1 heterocycles. The van der Waals surface area contributed by atoms with Crippen molar-refractivity contribution in [3.8, 4) is 28.3 Å². The number of alkyl halides is 3.